The van der Waals surface area contributed by atoms with Crippen LogP contribution in [0.15, 0.2) is 47.9 Å². The van der Waals surface area contributed by atoms with Gasteiger partial charge in [-0.05, 0) is 36.2 Å². The zero-order valence-corrected chi connectivity index (χ0v) is 15.9. The molecule has 0 atom stereocenters. The highest BCUT2D eigenvalue weighted by Gasteiger charge is 2.09. The highest BCUT2D eigenvalue weighted by molar-refractivity contribution is 7.99. The number of nitrogens with zero attached hydrogens (tertiary/aromatic N) is 3. The summed E-state index contributed by atoms with van der Waals surface area (Å²) in [5.41, 5.74) is 1.84. The molecular weight excluding hydrogens is 393 g/mol. The van der Waals surface area contributed by atoms with Crippen molar-refractivity contribution in [1.29, 1.82) is 0 Å². The van der Waals surface area contributed by atoms with Gasteiger partial charge in [0.1, 0.15) is 0 Å². The number of rotatable bonds is 7. The monoisotopic (exact) mass is 407 g/mol. The topological polar surface area (TPSA) is 83.6 Å². The smallest absolute Gasteiger partial charge is 0.230 e. The Hall–Kier alpha value is -2.09. The van der Waals surface area contributed by atoms with E-state index in [0.29, 0.717) is 34.0 Å². The van der Waals surface area contributed by atoms with Crippen molar-refractivity contribution in [2.75, 3.05) is 12.3 Å². The fraction of sp³-hybridized carbons (Fsp3) is 0.176. The Bertz CT molecular complexity index is 888. The van der Waals surface area contributed by atoms with Crippen LogP contribution >= 0.6 is 35.0 Å². The Kier molecular flexibility index (Phi) is 6.49. The maximum absolute atomic E-state index is 12.0. The van der Waals surface area contributed by atoms with Gasteiger partial charge in [-0.25, -0.2) is 4.98 Å². The van der Waals surface area contributed by atoms with E-state index in [4.69, 9.17) is 23.2 Å². The van der Waals surface area contributed by atoms with Crippen LogP contribution in [0.3, 0.4) is 0 Å². The van der Waals surface area contributed by atoms with Crippen LogP contribution in [0.2, 0.25) is 10.0 Å². The van der Waals surface area contributed by atoms with Crippen molar-refractivity contribution in [1.82, 2.24) is 25.5 Å². The molecule has 2 N–H and O–H groups in total. The van der Waals surface area contributed by atoms with E-state index in [1.807, 2.05) is 18.2 Å². The number of aromatic nitrogens is 4. The van der Waals surface area contributed by atoms with E-state index in [0.717, 1.165) is 11.1 Å². The Balaban J connectivity index is 1.44. The number of nitrogens with one attached hydrogen (secondary N) is 2. The summed E-state index contributed by atoms with van der Waals surface area (Å²) >= 11 is 13.3. The number of hydrogen-bond donors (Lipinski definition) is 2. The van der Waals surface area contributed by atoms with E-state index in [1.54, 1.807) is 24.5 Å². The van der Waals surface area contributed by atoms with Gasteiger partial charge in [0.2, 0.25) is 11.1 Å². The predicted molar refractivity (Wildman–Crippen MR) is 104 cm³/mol. The fourth-order valence-corrected chi connectivity index (χ4v) is 3.32. The minimum Gasteiger partial charge on any atom is -0.355 e. The molecule has 0 aliphatic carbocycles. The molecule has 0 unspecified atom stereocenters. The third-order valence-corrected chi connectivity index (χ3v) is 4.92. The van der Waals surface area contributed by atoms with Gasteiger partial charge < -0.3 is 5.32 Å². The molecule has 0 saturated heterocycles. The molecule has 26 heavy (non-hydrogen) atoms. The quantitative estimate of drug-likeness (QED) is 0.584. The number of aromatic amines is 1. The summed E-state index contributed by atoms with van der Waals surface area (Å²) in [4.78, 5) is 20.3. The first-order valence-electron chi connectivity index (χ1n) is 7.78. The number of pyridine rings is 1. The number of halogens is 2. The third-order valence-electron chi connectivity index (χ3n) is 3.48. The summed E-state index contributed by atoms with van der Waals surface area (Å²) in [6.45, 7) is 0.497. The molecule has 0 radical (unpaired) electrons. The number of thioether (sulfide) groups is 1. The van der Waals surface area contributed by atoms with Gasteiger partial charge in [-0.1, -0.05) is 41.0 Å². The molecule has 3 aromatic rings. The number of hydrogen-bond acceptors (Lipinski definition) is 5. The molecule has 134 valence electrons. The van der Waals surface area contributed by atoms with Crippen molar-refractivity contribution in [3.8, 4) is 11.4 Å². The zero-order chi connectivity index (χ0) is 18.4. The van der Waals surface area contributed by atoms with Crippen LogP contribution in [-0.2, 0) is 11.2 Å². The predicted octanol–water partition coefficient (Wildman–Crippen LogP) is 3.62. The van der Waals surface area contributed by atoms with Gasteiger partial charge in [-0.15, -0.1) is 5.10 Å². The van der Waals surface area contributed by atoms with Gasteiger partial charge in [-0.3, -0.25) is 14.9 Å². The second-order valence-corrected chi connectivity index (χ2v) is 7.11. The normalized spacial score (nSPS) is 10.7. The first kappa shape index (κ1) is 18.7. The lowest BCUT2D eigenvalue weighted by atomic mass is 10.1. The third kappa shape index (κ3) is 5.20. The Morgan fingerprint density at radius 1 is 1.19 bits per heavy atom. The molecule has 0 spiro atoms. The molecular formula is C17H15Cl2N5OS. The van der Waals surface area contributed by atoms with Gasteiger partial charge in [0, 0.05) is 34.5 Å². The molecule has 0 fully saturated rings. The molecule has 0 aliphatic rings. The van der Waals surface area contributed by atoms with Crippen molar-refractivity contribution < 1.29 is 4.79 Å². The Morgan fingerprint density at radius 3 is 2.77 bits per heavy atom. The second-order valence-electron chi connectivity index (χ2n) is 5.33. The molecule has 2 heterocycles. The molecule has 1 amide bonds. The van der Waals surface area contributed by atoms with Crippen LogP contribution in [-0.4, -0.2) is 38.4 Å². The Labute approximate surface area is 164 Å². The van der Waals surface area contributed by atoms with Crippen LogP contribution in [0, 0.1) is 0 Å². The van der Waals surface area contributed by atoms with Crippen molar-refractivity contribution >= 4 is 40.9 Å². The summed E-state index contributed by atoms with van der Waals surface area (Å²) in [5.74, 6) is 0.796. The SMILES string of the molecule is O=C(CSc1n[nH]c(-c2ccncc2)n1)NCCc1ccc(Cl)cc1Cl. The molecule has 0 saturated carbocycles. The first-order valence-corrected chi connectivity index (χ1v) is 9.52. The van der Waals surface area contributed by atoms with E-state index in [2.05, 4.69) is 25.5 Å². The largest absolute Gasteiger partial charge is 0.355 e. The standard InChI is InChI=1S/C17H15Cl2N5OS/c18-13-2-1-11(14(19)9-13)5-8-21-15(25)10-26-17-22-16(23-24-17)12-3-6-20-7-4-12/h1-4,6-7,9H,5,8,10H2,(H,21,25)(H,22,23,24). The van der Waals surface area contributed by atoms with E-state index < -0.39 is 0 Å². The lowest BCUT2D eigenvalue weighted by molar-refractivity contribution is -0.118. The molecule has 6 nitrogen and oxygen atoms in total. The van der Waals surface area contributed by atoms with E-state index >= 15 is 0 Å². The highest BCUT2D eigenvalue weighted by atomic mass is 35.5. The van der Waals surface area contributed by atoms with Crippen LogP contribution in [0.25, 0.3) is 11.4 Å². The van der Waals surface area contributed by atoms with Crippen LogP contribution in [0.1, 0.15) is 5.56 Å². The van der Waals surface area contributed by atoms with Gasteiger partial charge in [0.05, 0.1) is 5.75 Å². The number of H-pyrrole nitrogens is 1. The van der Waals surface area contributed by atoms with Crippen LogP contribution < -0.4 is 5.32 Å². The average molecular weight is 408 g/mol. The zero-order valence-electron chi connectivity index (χ0n) is 13.6. The molecule has 0 bridgehead atoms. The summed E-state index contributed by atoms with van der Waals surface area (Å²) in [6.07, 6.45) is 4.01. The maximum Gasteiger partial charge on any atom is 0.230 e. The number of amides is 1. The molecule has 2 aromatic heterocycles. The molecule has 0 aliphatic heterocycles. The lowest BCUT2D eigenvalue weighted by Gasteiger charge is -2.06. The number of carbonyl (C=O) groups is 1. The van der Waals surface area contributed by atoms with Gasteiger partial charge in [-0.2, -0.15) is 0 Å². The van der Waals surface area contributed by atoms with Crippen molar-refractivity contribution in [3.05, 3.63) is 58.3 Å². The van der Waals surface area contributed by atoms with E-state index in [1.165, 1.54) is 11.8 Å². The lowest BCUT2D eigenvalue weighted by Crippen LogP contribution is -2.27. The molecule has 9 heteroatoms. The van der Waals surface area contributed by atoms with Gasteiger partial charge in [0.25, 0.3) is 0 Å². The van der Waals surface area contributed by atoms with Crippen LogP contribution in [0.4, 0.5) is 0 Å². The fourth-order valence-electron chi connectivity index (χ4n) is 2.19. The minimum absolute atomic E-state index is 0.0876. The van der Waals surface area contributed by atoms with Crippen molar-refractivity contribution in [2.45, 2.75) is 11.6 Å². The Morgan fingerprint density at radius 2 is 2.00 bits per heavy atom. The number of benzene rings is 1. The summed E-state index contributed by atoms with van der Waals surface area (Å²) < 4.78 is 0. The number of carbonyl (C=O) groups excluding carboxylic acids is 1. The van der Waals surface area contributed by atoms with Crippen molar-refractivity contribution in [3.63, 3.8) is 0 Å². The summed E-state index contributed by atoms with van der Waals surface area (Å²) in [6, 6.07) is 9.01. The second kappa shape index (κ2) is 9.02. The summed E-state index contributed by atoms with van der Waals surface area (Å²) in [5, 5.41) is 11.5. The first-order chi connectivity index (χ1) is 12.6. The average Bonchev–Trinajstić information content (AvgIpc) is 3.12. The van der Waals surface area contributed by atoms with Crippen LogP contribution in [0.5, 0.6) is 0 Å². The highest BCUT2D eigenvalue weighted by Crippen LogP contribution is 2.21. The van der Waals surface area contributed by atoms with Gasteiger partial charge in [0.15, 0.2) is 5.82 Å². The molecule has 3 rings (SSSR count). The van der Waals surface area contributed by atoms with Crippen molar-refractivity contribution in [2.24, 2.45) is 0 Å². The minimum atomic E-state index is -0.0876. The molecule has 1 aromatic carbocycles. The van der Waals surface area contributed by atoms with Gasteiger partial charge >= 0.3 is 0 Å². The van der Waals surface area contributed by atoms with E-state index in [9.17, 15) is 4.79 Å². The van der Waals surface area contributed by atoms with E-state index in [-0.39, 0.29) is 11.7 Å². The maximum atomic E-state index is 12.0. The summed E-state index contributed by atoms with van der Waals surface area (Å²) in [7, 11) is 0.